The van der Waals surface area contributed by atoms with E-state index in [0.29, 0.717) is 11.0 Å². The van der Waals surface area contributed by atoms with Crippen molar-refractivity contribution in [3.05, 3.63) is 11.6 Å². The lowest BCUT2D eigenvalue weighted by Gasteiger charge is -2.34. The molecule has 5 heteroatoms. The normalized spacial score (nSPS) is 30.0. The van der Waals surface area contributed by atoms with Crippen LogP contribution in [0, 0.1) is 5.92 Å². The minimum Gasteiger partial charge on any atom is -0.317 e. The van der Waals surface area contributed by atoms with E-state index in [2.05, 4.69) is 17.2 Å². The van der Waals surface area contributed by atoms with Crippen molar-refractivity contribution in [2.24, 2.45) is 11.7 Å². The van der Waals surface area contributed by atoms with Crippen LogP contribution in [0.4, 0.5) is 5.13 Å². The molecule has 0 saturated heterocycles. The van der Waals surface area contributed by atoms with Crippen LogP contribution in [0.15, 0.2) is 11.6 Å². The number of nitrogens with one attached hydrogen (secondary N) is 1. The smallest absolute Gasteiger partial charge is 0.246 e. The Morgan fingerprint density at radius 1 is 1.75 bits per heavy atom. The van der Waals surface area contributed by atoms with Crippen molar-refractivity contribution in [2.45, 2.75) is 38.1 Å². The summed E-state index contributed by atoms with van der Waals surface area (Å²) < 4.78 is 0. The van der Waals surface area contributed by atoms with Crippen LogP contribution in [0.3, 0.4) is 0 Å². The van der Waals surface area contributed by atoms with E-state index in [-0.39, 0.29) is 5.91 Å². The van der Waals surface area contributed by atoms with Crippen LogP contribution in [0.1, 0.15) is 32.6 Å². The van der Waals surface area contributed by atoms with E-state index in [1.807, 2.05) is 5.38 Å². The van der Waals surface area contributed by atoms with E-state index in [1.165, 1.54) is 17.8 Å². The second-order valence-electron chi connectivity index (χ2n) is 4.65. The summed E-state index contributed by atoms with van der Waals surface area (Å²) in [6.07, 6.45) is 5.41. The van der Waals surface area contributed by atoms with Crippen molar-refractivity contribution >= 4 is 22.4 Å². The van der Waals surface area contributed by atoms with Crippen molar-refractivity contribution in [1.82, 2.24) is 4.98 Å². The van der Waals surface area contributed by atoms with Gasteiger partial charge in [-0.2, -0.15) is 0 Å². The summed E-state index contributed by atoms with van der Waals surface area (Å²) in [6.45, 7) is 2.15. The number of hydrogen-bond donors (Lipinski definition) is 2. The van der Waals surface area contributed by atoms with Crippen molar-refractivity contribution in [2.75, 3.05) is 5.32 Å². The number of carbonyl (C=O) groups excluding carboxylic acids is 1. The molecule has 0 aliphatic heterocycles. The molecule has 1 fully saturated rings. The lowest BCUT2D eigenvalue weighted by molar-refractivity contribution is -0.122. The molecule has 0 bridgehead atoms. The van der Waals surface area contributed by atoms with Crippen molar-refractivity contribution in [3.8, 4) is 0 Å². The average molecular weight is 239 g/mol. The third-order valence-electron chi connectivity index (χ3n) is 3.14. The standard InChI is InChI=1S/C11H17N3OS/c1-8-3-2-4-11(12,7-8)9(15)14-10-13-5-6-16-10/h5-6,8H,2-4,7,12H2,1H3,(H,13,14,15). The minimum absolute atomic E-state index is 0.0889. The summed E-state index contributed by atoms with van der Waals surface area (Å²) in [5.74, 6) is 0.440. The Hall–Kier alpha value is -0.940. The van der Waals surface area contributed by atoms with Crippen LogP contribution < -0.4 is 11.1 Å². The number of nitrogens with zero attached hydrogens (tertiary/aromatic N) is 1. The van der Waals surface area contributed by atoms with Gasteiger partial charge in [-0.15, -0.1) is 11.3 Å². The van der Waals surface area contributed by atoms with Gasteiger partial charge in [-0.25, -0.2) is 4.98 Å². The zero-order valence-electron chi connectivity index (χ0n) is 9.40. The van der Waals surface area contributed by atoms with Gasteiger partial charge >= 0.3 is 0 Å². The number of aromatic nitrogens is 1. The first kappa shape index (κ1) is 11.5. The van der Waals surface area contributed by atoms with E-state index in [9.17, 15) is 4.79 Å². The fourth-order valence-electron chi connectivity index (χ4n) is 2.30. The molecule has 1 heterocycles. The molecule has 1 amide bonds. The Morgan fingerprint density at radius 3 is 3.19 bits per heavy atom. The van der Waals surface area contributed by atoms with Crippen LogP contribution in [-0.4, -0.2) is 16.4 Å². The summed E-state index contributed by atoms with van der Waals surface area (Å²) in [5, 5.41) is 5.26. The van der Waals surface area contributed by atoms with Gasteiger partial charge in [-0.1, -0.05) is 19.8 Å². The highest BCUT2D eigenvalue weighted by Crippen LogP contribution is 2.31. The zero-order valence-corrected chi connectivity index (χ0v) is 10.2. The molecule has 3 N–H and O–H groups in total. The highest BCUT2D eigenvalue weighted by Gasteiger charge is 2.38. The molecule has 16 heavy (non-hydrogen) atoms. The molecule has 2 atom stereocenters. The Balaban J connectivity index is 2.02. The van der Waals surface area contributed by atoms with Crippen LogP contribution >= 0.6 is 11.3 Å². The van der Waals surface area contributed by atoms with Gasteiger partial charge < -0.3 is 11.1 Å². The molecular formula is C11H17N3OS. The molecule has 1 aliphatic carbocycles. The van der Waals surface area contributed by atoms with E-state index in [0.717, 1.165) is 19.3 Å². The minimum atomic E-state index is -0.705. The van der Waals surface area contributed by atoms with Crippen LogP contribution in [0.25, 0.3) is 0 Å². The number of rotatable bonds is 2. The van der Waals surface area contributed by atoms with Gasteiger partial charge in [-0.3, -0.25) is 4.79 Å². The molecule has 1 aromatic rings. The number of nitrogens with two attached hydrogens (primary N) is 1. The highest BCUT2D eigenvalue weighted by molar-refractivity contribution is 7.13. The van der Waals surface area contributed by atoms with Gasteiger partial charge in [0, 0.05) is 11.6 Å². The van der Waals surface area contributed by atoms with Crippen molar-refractivity contribution in [3.63, 3.8) is 0 Å². The Morgan fingerprint density at radius 2 is 2.56 bits per heavy atom. The van der Waals surface area contributed by atoms with Gasteiger partial charge in [0.05, 0.1) is 5.54 Å². The lowest BCUT2D eigenvalue weighted by Crippen LogP contribution is -2.53. The first-order chi connectivity index (χ1) is 7.60. The SMILES string of the molecule is CC1CCCC(N)(C(=O)Nc2nccs2)C1. The van der Waals surface area contributed by atoms with Gasteiger partial charge in [0.25, 0.3) is 0 Å². The second-order valence-corrected chi connectivity index (χ2v) is 5.54. The van der Waals surface area contributed by atoms with E-state index < -0.39 is 5.54 Å². The first-order valence-corrected chi connectivity index (χ1v) is 6.48. The molecule has 2 unspecified atom stereocenters. The quantitative estimate of drug-likeness (QED) is 0.829. The summed E-state index contributed by atoms with van der Waals surface area (Å²) in [4.78, 5) is 16.1. The van der Waals surface area contributed by atoms with Crippen molar-refractivity contribution in [1.29, 1.82) is 0 Å². The average Bonchev–Trinajstić information content (AvgIpc) is 2.70. The summed E-state index contributed by atoms with van der Waals surface area (Å²) >= 11 is 1.42. The topological polar surface area (TPSA) is 68.0 Å². The van der Waals surface area contributed by atoms with Gasteiger partial charge in [-0.05, 0) is 18.8 Å². The molecule has 4 nitrogen and oxygen atoms in total. The fraction of sp³-hybridized carbons (Fsp3) is 0.636. The predicted molar refractivity (Wildman–Crippen MR) is 65.3 cm³/mol. The molecule has 0 spiro atoms. The third-order valence-corrected chi connectivity index (χ3v) is 3.83. The maximum atomic E-state index is 12.1. The summed E-state index contributed by atoms with van der Waals surface area (Å²) in [7, 11) is 0. The number of amides is 1. The molecule has 1 saturated carbocycles. The second kappa shape index (κ2) is 4.51. The first-order valence-electron chi connectivity index (χ1n) is 5.60. The third kappa shape index (κ3) is 2.41. The molecule has 2 rings (SSSR count). The van der Waals surface area contributed by atoms with Gasteiger partial charge in [0.15, 0.2) is 5.13 Å². The lowest BCUT2D eigenvalue weighted by atomic mass is 9.76. The Bertz CT molecular complexity index is 365. The van der Waals surface area contributed by atoms with Gasteiger partial charge in [0.1, 0.15) is 0 Å². The van der Waals surface area contributed by atoms with Gasteiger partial charge in [0.2, 0.25) is 5.91 Å². The molecule has 0 radical (unpaired) electrons. The zero-order chi connectivity index (χ0) is 11.6. The van der Waals surface area contributed by atoms with E-state index in [1.54, 1.807) is 6.20 Å². The number of thiazole rings is 1. The van der Waals surface area contributed by atoms with E-state index in [4.69, 9.17) is 5.73 Å². The van der Waals surface area contributed by atoms with Crippen LogP contribution in [-0.2, 0) is 4.79 Å². The molecule has 88 valence electrons. The maximum Gasteiger partial charge on any atom is 0.246 e. The predicted octanol–water partition coefficient (Wildman–Crippen LogP) is 1.99. The fourth-order valence-corrected chi connectivity index (χ4v) is 2.83. The summed E-state index contributed by atoms with van der Waals surface area (Å²) in [6, 6.07) is 0. The molecule has 1 aromatic heterocycles. The van der Waals surface area contributed by atoms with E-state index >= 15 is 0 Å². The summed E-state index contributed by atoms with van der Waals surface area (Å²) in [5.41, 5.74) is 5.47. The Labute approximate surface area is 99.3 Å². The molecule has 0 aromatic carbocycles. The number of anilines is 1. The Kier molecular flexibility index (Phi) is 3.25. The number of hydrogen-bond acceptors (Lipinski definition) is 4. The number of carbonyl (C=O) groups is 1. The maximum absolute atomic E-state index is 12.1. The highest BCUT2D eigenvalue weighted by atomic mass is 32.1. The molecule has 1 aliphatic rings. The monoisotopic (exact) mass is 239 g/mol. The van der Waals surface area contributed by atoms with Crippen LogP contribution in [0.2, 0.25) is 0 Å². The largest absolute Gasteiger partial charge is 0.317 e. The van der Waals surface area contributed by atoms with Crippen LogP contribution in [0.5, 0.6) is 0 Å². The molecular weight excluding hydrogens is 222 g/mol. The van der Waals surface area contributed by atoms with Crippen molar-refractivity contribution < 1.29 is 4.79 Å².